The van der Waals surface area contributed by atoms with Crippen molar-refractivity contribution in [1.82, 2.24) is 10.2 Å². The van der Waals surface area contributed by atoms with Crippen LogP contribution in [0.4, 0.5) is 16.2 Å². The third kappa shape index (κ3) is 3.90. The number of methoxy groups -OCH3 is 1. The molecule has 4 rings (SSSR count). The summed E-state index contributed by atoms with van der Waals surface area (Å²) < 4.78 is 5.04. The number of benzene rings is 3. The van der Waals surface area contributed by atoms with E-state index in [0.29, 0.717) is 11.1 Å². The summed E-state index contributed by atoms with van der Waals surface area (Å²) in [4.78, 5) is 50.0. The highest BCUT2D eigenvalue weighted by Gasteiger charge is 2.49. The predicted octanol–water partition coefficient (Wildman–Crippen LogP) is 3.47. The Balaban J connectivity index is 1.54. The number of aryl methyl sites for hydroxylation is 1. The minimum Gasteiger partial charge on any atom is -0.490 e. The number of rotatable bonds is 6. The highest BCUT2D eigenvalue weighted by molar-refractivity contribution is 6.10. The van der Waals surface area contributed by atoms with Gasteiger partial charge in [-0.05, 0) is 41.8 Å². The molecular weight excluding hydrogens is 440 g/mol. The zero-order chi connectivity index (χ0) is 24.6. The lowest BCUT2D eigenvalue weighted by atomic mass is 9.90. The van der Waals surface area contributed by atoms with Crippen LogP contribution in [0.2, 0.25) is 0 Å². The van der Waals surface area contributed by atoms with Gasteiger partial charge in [0.05, 0.1) is 12.0 Å². The van der Waals surface area contributed by atoms with Gasteiger partial charge in [0, 0.05) is 17.8 Å². The van der Waals surface area contributed by atoms with E-state index in [9.17, 15) is 24.5 Å². The molecule has 34 heavy (non-hydrogen) atoms. The first-order chi connectivity index (χ1) is 16.1. The lowest BCUT2D eigenvalue weighted by Crippen LogP contribution is -2.42. The van der Waals surface area contributed by atoms with Crippen LogP contribution in [0.3, 0.4) is 0 Å². The van der Waals surface area contributed by atoms with E-state index >= 15 is 0 Å². The van der Waals surface area contributed by atoms with E-state index in [1.165, 1.54) is 19.2 Å². The van der Waals surface area contributed by atoms with Gasteiger partial charge in [0.25, 0.3) is 5.91 Å². The molecule has 0 aliphatic carbocycles. The van der Waals surface area contributed by atoms with Gasteiger partial charge in [0.1, 0.15) is 12.1 Å². The third-order valence-electron chi connectivity index (χ3n) is 5.90. The van der Waals surface area contributed by atoms with Crippen LogP contribution in [0.15, 0.2) is 54.6 Å². The molecule has 174 valence electrons. The van der Waals surface area contributed by atoms with Gasteiger partial charge in [-0.25, -0.2) is 4.79 Å². The van der Waals surface area contributed by atoms with Gasteiger partial charge >= 0.3 is 11.7 Å². The number of fused-ring (bicyclic) bond motifs is 1. The van der Waals surface area contributed by atoms with Crippen molar-refractivity contribution in [2.45, 2.75) is 19.4 Å². The molecule has 0 saturated carbocycles. The van der Waals surface area contributed by atoms with E-state index in [1.807, 2.05) is 36.4 Å². The lowest BCUT2D eigenvalue weighted by Gasteiger charge is -2.22. The fourth-order valence-corrected chi connectivity index (χ4v) is 3.98. The molecule has 4 amide bonds. The van der Waals surface area contributed by atoms with Crippen molar-refractivity contribution in [3.8, 4) is 5.75 Å². The van der Waals surface area contributed by atoms with Crippen molar-refractivity contribution in [3.05, 3.63) is 75.8 Å². The number of carbonyl (C=O) groups is 3. The van der Waals surface area contributed by atoms with E-state index in [4.69, 9.17) is 4.74 Å². The molecule has 1 atom stereocenters. The molecule has 1 aliphatic rings. The molecule has 3 aromatic carbocycles. The number of anilines is 1. The highest BCUT2D eigenvalue weighted by atomic mass is 16.6. The number of carbonyl (C=O) groups excluding carboxylic acids is 3. The largest absolute Gasteiger partial charge is 0.490 e. The third-order valence-corrected chi connectivity index (χ3v) is 5.90. The Bertz CT molecular complexity index is 1350. The molecule has 3 aromatic rings. The summed E-state index contributed by atoms with van der Waals surface area (Å²) in [5.74, 6) is -1.21. The second kappa shape index (κ2) is 8.47. The fraction of sp³-hybridized carbons (Fsp3) is 0.208. The molecule has 0 bridgehead atoms. The van der Waals surface area contributed by atoms with E-state index < -0.39 is 34.9 Å². The number of amides is 4. The Kier molecular flexibility index (Phi) is 5.66. The van der Waals surface area contributed by atoms with Gasteiger partial charge < -0.3 is 15.4 Å². The molecule has 2 N–H and O–H groups in total. The molecule has 10 heteroatoms. The summed E-state index contributed by atoms with van der Waals surface area (Å²) in [5.41, 5.74) is -0.258. The minimum atomic E-state index is -1.33. The topological polar surface area (TPSA) is 131 Å². The Hall–Kier alpha value is -4.47. The summed E-state index contributed by atoms with van der Waals surface area (Å²) in [6.45, 7) is 2.67. The monoisotopic (exact) mass is 462 g/mol. The normalized spacial score (nSPS) is 17.6. The fourth-order valence-electron chi connectivity index (χ4n) is 3.98. The maximum atomic E-state index is 13.2. The van der Waals surface area contributed by atoms with Gasteiger partial charge in [0.2, 0.25) is 5.91 Å². The molecule has 1 saturated heterocycles. The molecule has 1 aliphatic heterocycles. The predicted molar refractivity (Wildman–Crippen MR) is 125 cm³/mol. The van der Waals surface area contributed by atoms with Gasteiger partial charge in [0.15, 0.2) is 5.75 Å². The van der Waals surface area contributed by atoms with Crippen molar-refractivity contribution in [3.63, 3.8) is 0 Å². The molecule has 1 unspecified atom stereocenters. The maximum absolute atomic E-state index is 13.2. The molecule has 0 radical (unpaired) electrons. The number of nitro benzene ring substituents is 1. The first kappa shape index (κ1) is 22.7. The summed E-state index contributed by atoms with van der Waals surface area (Å²) in [6.07, 6.45) is 0. The summed E-state index contributed by atoms with van der Waals surface area (Å²) in [7, 11) is 1.28. The van der Waals surface area contributed by atoms with Crippen LogP contribution in [0.5, 0.6) is 5.75 Å². The van der Waals surface area contributed by atoms with Crippen molar-refractivity contribution >= 4 is 40.0 Å². The van der Waals surface area contributed by atoms with Gasteiger partial charge in [-0.15, -0.1) is 0 Å². The number of hydrogen-bond acceptors (Lipinski definition) is 6. The van der Waals surface area contributed by atoms with Crippen molar-refractivity contribution < 1.29 is 24.0 Å². The molecule has 0 aromatic heterocycles. The number of urea groups is 1. The Morgan fingerprint density at radius 1 is 1.15 bits per heavy atom. The zero-order valence-electron chi connectivity index (χ0n) is 18.7. The van der Waals surface area contributed by atoms with Crippen molar-refractivity contribution in [1.29, 1.82) is 0 Å². The van der Waals surface area contributed by atoms with Gasteiger partial charge in [-0.2, -0.15) is 0 Å². The van der Waals surface area contributed by atoms with Crippen LogP contribution in [0.25, 0.3) is 10.8 Å². The smallest absolute Gasteiger partial charge is 0.325 e. The van der Waals surface area contributed by atoms with Crippen molar-refractivity contribution in [2.75, 3.05) is 19.0 Å². The van der Waals surface area contributed by atoms with Crippen LogP contribution < -0.4 is 15.4 Å². The second-order valence-corrected chi connectivity index (χ2v) is 8.15. The van der Waals surface area contributed by atoms with E-state index in [0.717, 1.165) is 15.7 Å². The highest BCUT2D eigenvalue weighted by Crippen LogP contribution is 2.33. The van der Waals surface area contributed by atoms with E-state index in [-0.39, 0.29) is 17.1 Å². The average Bonchev–Trinajstić information content (AvgIpc) is 3.03. The summed E-state index contributed by atoms with van der Waals surface area (Å²) in [6, 6.07) is 15.1. The number of nitrogens with one attached hydrogen (secondary N) is 2. The standard InChI is InChI=1S/C24H22N4O6/c1-14-10-19(28(32)33)20(34-3)12-18(14)25-21(29)13-27-22(30)24(2,26-23(27)31)17-9-8-15-6-4-5-7-16(15)11-17/h4-12H,13H2,1-3H3,(H,25,29)(H,26,31). The Morgan fingerprint density at radius 2 is 1.85 bits per heavy atom. The number of nitro groups is 1. The minimum absolute atomic E-state index is 0.0234. The second-order valence-electron chi connectivity index (χ2n) is 8.15. The lowest BCUT2D eigenvalue weighted by molar-refractivity contribution is -0.385. The number of ether oxygens (including phenoxy) is 1. The molecule has 0 spiro atoms. The van der Waals surface area contributed by atoms with Crippen LogP contribution in [0, 0.1) is 17.0 Å². The van der Waals surface area contributed by atoms with Crippen LogP contribution in [-0.2, 0) is 15.1 Å². The number of hydrogen-bond donors (Lipinski definition) is 2. The van der Waals surface area contributed by atoms with E-state index in [2.05, 4.69) is 10.6 Å². The first-order valence-corrected chi connectivity index (χ1v) is 10.4. The number of nitrogens with zero attached hydrogens (tertiary/aromatic N) is 2. The van der Waals surface area contributed by atoms with Gasteiger partial charge in [-0.3, -0.25) is 24.6 Å². The van der Waals surface area contributed by atoms with Crippen molar-refractivity contribution in [2.24, 2.45) is 0 Å². The number of imide groups is 1. The molecule has 1 heterocycles. The quantitative estimate of drug-likeness (QED) is 0.328. The van der Waals surface area contributed by atoms with Crippen LogP contribution in [-0.4, -0.2) is 41.3 Å². The summed E-state index contributed by atoms with van der Waals surface area (Å²) in [5, 5.41) is 18.4. The maximum Gasteiger partial charge on any atom is 0.325 e. The summed E-state index contributed by atoms with van der Waals surface area (Å²) >= 11 is 0. The van der Waals surface area contributed by atoms with Crippen LogP contribution in [0.1, 0.15) is 18.1 Å². The average molecular weight is 462 g/mol. The first-order valence-electron chi connectivity index (χ1n) is 10.4. The Labute approximate surface area is 194 Å². The van der Waals surface area contributed by atoms with Gasteiger partial charge in [-0.1, -0.05) is 36.4 Å². The molecule has 1 fully saturated rings. The molecular formula is C24H22N4O6. The molecule has 10 nitrogen and oxygen atoms in total. The van der Waals surface area contributed by atoms with E-state index in [1.54, 1.807) is 19.9 Å². The Morgan fingerprint density at radius 3 is 2.53 bits per heavy atom. The zero-order valence-corrected chi connectivity index (χ0v) is 18.7. The van der Waals surface area contributed by atoms with Crippen LogP contribution >= 0.6 is 0 Å². The SMILES string of the molecule is COc1cc(NC(=O)CN2C(=O)NC(C)(c3ccc4ccccc4c3)C2=O)c(C)cc1[N+](=O)[O-].